The van der Waals surface area contributed by atoms with Gasteiger partial charge >= 0.3 is 5.97 Å². The predicted molar refractivity (Wildman–Crippen MR) is 51.6 cm³/mol. The van der Waals surface area contributed by atoms with E-state index in [0.29, 0.717) is 5.88 Å². The summed E-state index contributed by atoms with van der Waals surface area (Å²) >= 11 is 0. The minimum atomic E-state index is -0.846. The number of carboxylic acid groups (broad SMARTS) is 1. The second-order valence-electron chi connectivity index (χ2n) is 3.14. The van der Waals surface area contributed by atoms with Gasteiger partial charge in [0.15, 0.2) is 0 Å². The maximum Gasteiger partial charge on any atom is 0.310 e. The Hall–Kier alpha value is -1.58. The van der Waals surface area contributed by atoms with Crippen LogP contribution in [0.25, 0.3) is 0 Å². The van der Waals surface area contributed by atoms with E-state index in [1.807, 2.05) is 6.92 Å². The van der Waals surface area contributed by atoms with Gasteiger partial charge in [-0.25, -0.2) is 4.98 Å². The van der Waals surface area contributed by atoms with Crippen LogP contribution < -0.4 is 4.74 Å². The van der Waals surface area contributed by atoms with Crippen LogP contribution in [-0.4, -0.2) is 23.2 Å². The Morgan fingerprint density at radius 2 is 2.29 bits per heavy atom. The lowest BCUT2D eigenvalue weighted by Gasteiger charge is -2.10. The van der Waals surface area contributed by atoms with Gasteiger partial charge in [-0.15, -0.1) is 0 Å². The molecule has 4 heteroatoms. The summed E-state index contributed by atoms with van der Waals surface area (Å²) in [6.45, 7) is 3.48. The molecule has 0 aliphatic rings. The van der Waals surface area contributed by atoms with E-state index in [0.717, 1.165) is 11.1 Å². The third kappa shape index (κ3) is 2.02. The van der Waals surface area contributed by atoms with Gasteiger partial charge in [0.25, 0.3) is 0 Å². The van der Waals surface area contributed by atoms with Crippen molar-refractivity contribution in [2.45, 2.75) is 19.8 Å². The van der Waals surface area contributed by atoms with Crippen LogP contribution in [-0.2, 0) is 4.79 Å². The summed E-state index contributed by atoms with van der Waals surface area (Å²) in [4.78, 5) is 14.8. The first-order valence-electron chi connectivity index (χ1n) is 4.29. The zero-order valence-corrected chi connectivity index (χ0v) is 8.44. The van der Waals surface area contributed by atoms with Crippen LogP contribution >= 0.6 is 0 Å². The normalized spacial score (nSPS) is 12.2. The van der Waals surface area contributed by atoms with Gasteiger partial charge in [0.05, 0.1) is 13.0 Å². The Balaban J connectivity index is 3.11. The van der Waals surface area contributed by atoms with E-state index in [4.69, 9.17) is 9.84 Å². The van der Waals surface area contributed by atoms with Gasteiger partial charge in [-0.1, -0.05) is 0 Å². The smallest absolute Gasteiger partial charge is 0.310 e. The van der Waals surface area contributed by atoms with Crippen molar-refractivity contribution >= 4 is 5.97 Å². The highest BCUT2D eigenvalue weighted by atomic mass is 16.5. The summed E-state index contributed by atoms with van der Waals surface area (Å²) in [5.74, 6) is -0.938. The predicted octanol–water partition coefficient (Wildman–Crippen LogP) is 1.59. The van der Waals surface area contributed by atoms with Crippen LogP contribution in [0.3, 0.4) is 0 Å². The number of carbonyl (C=O) groups is 1. The van der Waals surface area contributed by atoms with E-state index in [9.17, 15) is 4.79 Å². The van der Waals surface area contributed by atoms with Gasteiger partial charge in [-0.3, -0.25) is 4.79 Å². The Morgan fingerprint density at radius 3 is 2.79 bits per heavy atom. The molecule has 0 radical (unpaired) electrons. The topological polar surface area (TPSA) is 59.4 Å². The van der Waals surface area contributed by atoms with E-state index in [-0.39, 0.29) is 0 Å². The molecule has 1 aromatic heterocycles. The van der Waals surface area contributed by atoms with Gasteiger partial charge in [-0.05, 0) is 25.0 Å². The van der Waals surface area contributed by atoms with Crippen molar-refractivity contribution in [3.05, 3.63) is 23.4 Å². The molecule has 0 fully saturated rings. The van der Waals surface area contributed by atoms with E-state index >= 15 is 0 Å². The molecule has 14 heavy (non-hydrogen) atoms. The van der Waals surface area contributed by atoms with Crippen LogP contribution in [0.15, 0.2) is 12.3 Å². The largest absolute Gasteiger partial charge is 0.481 e. The molecular weight excluding hydrogens is 182 g/mol. The van der Waals surface area contributed by atoms with Crippen LogP contribution in [0.2, 0.25) is 0 Å². The molecule has 0 saturated heterocycles. The number of ether oxygens (including phenoxy) is 1. The highest BCUT2D eigenvalue weighted by molar-refractivity contribution is 5.76. The Kier molecular flexibility index (Phi) is 3.06. The highest BCUT2D eigenvalue weighted by Gasteiger charge is 2.16. The minimum absolute atomic E-state index is 0.443. The first-order valence-corrected chi connectivity index (χ1v) is 4.29. The van der Waals surface area contributed by atoms with E-state index in [1.54, 1.807) is 19.2 Å². The number of aromatic nitrogens is 1. The maximum absolute atomic E-state index is 10.8. The quantitative estimate of drug-likeness (QED) is 0.795. The summed E-state index contributed by atoms with van der Waals surface area (Å²) < 4.78 is 4.94. The monoisotopic (exact) mass is 195 g/mol. The molecule has 0 spiro atoms. The number of hydrogen-bond donors (Lipinski definition) is 1. The molecule has 0 aliphatic heterocycles. The van der Waals surface area contributed by atoms with Gasteiger partial charge in [0.1, 0.15) is 0 Å². The van der Waals surface area contributed by atoms with Crippen molar-refractivity contribution < 1.29 is 14.6 Å². The van der Waals surface area contributed by atoms with Crippen LogP contribution in [0.1, 0.15) is 24.0 Å². The molecule has 0 saturated carbocycles. The van der Waals surface area contributed by atoms with Crippen molar-refractivity contribution in [1.29, 1.82) is 0 Å². The molecule has 1 unspecified atom stereocenters. The fourth-order valence-electron chi connectivity index (χ4n) is 1.23. The standard InChI is InChI=1S/C10H13NO3/c1-6-5-11-9(14-3)4-8(6)7(2)10(12)13/h4-5,7H,1-3H3,(H,12,13). The second kappa shape index (κ2) is 4.09. The zero-order chi connectivity index (χ0) is 10.7. The van der Waals surface area contributed by atoms with Gasteiger partial charge < -0.3 is 9.84 Å². The summed E-state index contributed by atoms with van der Waals surface area (Å²) in [6.07, 6.45) is 1.62. The average Bonchev–Trinajstić information content (AvgIpc) is 2.17. The molecule has 76 valence electrons. The SMILES string of the molecule is COc1cc(C(C)C(=O)O)c(C)cn1. The van der Waals surface area contributed by atoms with E-state index < -0.39 is 11.9 Å². The Bertz CT molecular complexity index is 349. The molecular formula is C10H13NO3. The number of rotatable bonds is 3. The summed E-state index contributed by atoms with van der Waals surface area (Å²) in [5.41, 5.74) is 1.60. The molecule has 0 amide bonds. The Morgan fingerprint density at radius 1 is 1.64 bits per heavy atom. The molecule has 1 heterocycles. The van der Waals surface area contributed by atoms with Gasteiger partial charge in [-0.2, -0.15) is 0 Å². The van der Waals surface area contributed by atoms with Gasteiger partial charge in [0.2, 0.25) is 5.88 Å². The Labute approximate surface area is 82.5 Å². The number of pyridine rings is 1. The first-order chi connectivity index (χ1) is 6.56. The fraction of sp³-hybridized carbons (Fsp3) is 0.400. The summed E-state index contributed by atoms with van der Waals surface area (Å²) in [6, 6.07) is 1.66. The minimum Gasteiger partial charge on any atom is -0.481 e. The van der Waals surface area contributed by atoms with Crippen molar-refractivity contribution in [3.8, 4) is 5.88 Å². The van der Waals surface area contributed by atoms with Crippen LogP contribution in [0.5, 0.6) is 5.88 Å². The highest BCUT2D eigenvalue weighted by Crippen LogP contribution is 2.22. The number of carboxylic acids is 1. The number of aryl methyl sites for hydroxylation is 1. The fourth-order valence-corrected chi connectivity index (χ4v) is 1.23. The molecule has 4 nitrogen and oxygen atoms in total. The third-order valence-electron chi connectivity index (χ3n) is 2.17. The summed E-state index contributed by atoms with van der Waals surface area (Å²) in [5, 5.41) is 8.86. The lowest BCUT2D eigenvalue weighted by atomic mass is 9.98. The number of aliphatic carboxylic acids is 1. The lowest BCUT2D eigenvalue weighted by Crippen LogP contribution is -2.09. The van der Waals surface area contributed by atoms with Gasteiger partial charge in [0, 0.05) is 12.3 Å². The molecule has 1 N–H and O–H groups in total. The maximum atomic E-state index is 10.8. The number of nitrogens with zero attached hydrogens (tertiary/aromatic N) is 1. The molecule has 1 rings (SSSR count). The zero-order valence-electron chi connectivity index (χ0n) is 8.44. The first kappa shape index (κ1) is 10.5. The van der Waals surface area contributed by atoms with E-state index in [2.05, 4.69) is 4.98 Å². The molecule has 1 atom stereocenters. The molecule has 1 aromatic rings. The third-order valence-corrected chi connectivity index (χ3v) is 2.17. The summed E-state index contributed by atoms with van der Waals surface area (Å²) in [7, 11) is 1.51. The number of hydrogen-bond acceptors (Lipinski definition) is 3. The lowest BCUT2D eigenvalue weighted by molar-refractivity contribution is -0.138. The van der Waals surface area contributed by atoms with Crippen LogP contribution in [0, 0.1) is 6.92 Å². The van der Waals surface area contributed by atoms with Crippen molar-refractivity contribution in [2.24, 2.45) is 0 Å². The molecule has 0 aliphatic carbocycles. The second-order valence-corrected chi connectivity index (χ2v) is 3.14. The van der Waals surface area contributed by atoms with Crippen molar-refractivity contribution in [3.63, 3.8) is 0 Å². The molecule has 0 bridgehead atoms. The van der Waals surface area contributed by atoms with Crippen LogP contribution in [0.4, 0.5) is 0 Å². The average molecular weight is 195 g/mol. The molecule has 0 aromatic carbocycles. The number of methoxy groups -OCH3 is 1. The van der Waals surface area contributed by atoms with E-state index in [1.165, 1.54) is 7.11 Å². The van der Waals surface area contributed by atoms with Crippen molar-refractivity contribution in [2.75, 3.05) is 7.11 Å². The van der Waals surface area contributed by atoms with Crippen molar-refractivity contribution in [1.82, 2.24) is 4.98 Å².